The van der Waals surface area contributed by atoms with Crippen LogP contribution in [0.5, 0.6) is 5.75 Å². The van der Waals surface area contributed by atoms with Gasteiger partial charge < -0.3 is 28.4 Å². The van der Waals surface area contributed by atoms with Crippen LogP contribution in [0.4, 0.5) is 10.5 Å². The van der Waals surface area contributed by atoms with E-state index in [1.54, 1.807) is 0 Å². The predicted octanol–water partition coefficient (Wildman–Crippen LogP) is 12.8. The van der Waals surface area contributed by atoms with Crippen molar-refractivity contribution in [3.63, 3.8) is 0 Å². The lowest BCUT2D eigenvalue weighted by Gasteiger charge is -2.22. The van der Waals surface area contributed by atoms with Crippen LogP contribution in [0.25, 0.3) is 0 Å². The van der Waals surface area contributed by atoms with Gasteiger partial charge in [-0.15, -0.1) is 0 Å². The fraction of sp³-hybridized carbons (Fsp3) is 0.778. The van der Waals surface area contributed by atoms with Gasteiger partial charge in [0.25, 0.3) is 5.69 Å². The molecule has 11 heteroatoms. The number of nitro benzene ring substituents is 1. The quantitative estimate of drug-likeness (QED) is 0.0121. The Morgan fingerprint density at radius 1 is 0.625 bits per heavy atom. The number of allylic oxidation sites excluding steroid dienone is 1. The van der Waals surface area contributed by atoms with Crippen molar-refractivity contribution >= 4 is 17.8 Å². The lowest BCUT2D eigenvalue weighted by Crippen LogP contribution is -2.26. The molecule has 0 amide bonds. The molecule has 0 fully saturated rings. The lowest BCUT2D eigenvalue weighted by atomic mass is 9.92. The second-order valence-electron chi connectivity index (χ2n) is 15.1. The number of carbonyl (C=O) groups is 2. The smallest absolute Gasteiger partial charge is 0.498 e. The minimum atomic E-state index is -0.978. The van der Waals surface area contributed by atoms with Gasteiger partial charge in [-0.1, -0.05) is 137 Å². The minimum absolute atomic E-state index is 0.00137. The van der Waals surface area contributed by atoms with Gasteiger partial charge in [-0.05, 0) is 43.7 Å². The number of unbranched alkanes of at least 4 members (excludes halogenated alkanes) is 14. The van der Waals surface area contributed by atoms with Crippen LogP contribution in [0.1, 0.15) is 175 Å². The van der Waals surface area contributed by atoms with Gasteiger partial charge in [0.2, 0.25) is 0 Å². The van der Waals surface area contributed by atoms with Crippen LogP contribution >= 0.6 is 0 Å². The number of non-ortho nitro benzene ring substituents is 1. The van der Waals surface area contributed by atoms with Crippen LogP contribution in [-0.4, -0.2) is 56.4 Å². The number of esters is 1. The van der Waals surface area contributed by atoms with Gasteiger partial charge in [0.15, 0.2) is 6.29 Å². The molecule has 11 nitrogen and oxygen atoms in total. The molecular formula is C45H77NO10. The average molecular weight is 792 g/mol. The third-order valence-electron chi connectivity index (χ3n) is 9.84. The SMILES string of the molecule is C=C(CCC(OCCCCCCCC)OCCCCCCCC)OCC(COC(=O)CC(CCCC)CCCCCC)COC(=O)Oc1ccc([N+](=O)[O-])cc1. The number of hydrogen-bond acceptors (Lipinski definition) is 10. The van der Waals surface area contributed by atoms with E-state index in [1.165, 1.54) is 94.9 Å². The minimum Gasteiger partial charge on any atom is -0.498 e. The first-order valence-electron chi connectivity index (χ1n) is 22.0. The fourth-order valence-corrected chi connectivity index (χ4v) is 6.29. The van der Waals surface area contributed by atoms with Crippen molar-refractivity contribution in [2.24, 2.45) is 11.8 Å². The molecule has 0 saturated heterocycles. The van der Waals surface area contributed by atoms with Gasteiger partial charge >= 0.3 is 12.1 Å². The van der Waals surface area contributed by atoms with Crippen LogP contribution in [-0.2, 0) is 28.5 Å². The Balaban J connectivity index is 2.79. The molecule has 1 aromatic carbocycles. The monoisotopic (exact) mass is 792 g/mol. The van der Waals surface area contributed by atoms with Crippen molar-refractivity contribution in [1.29, 1.82) is 0 Å². The lowest BCUT2D eigenvalue weighted by molar-refractivity contribution is -0.384. The van der Waals surface area contributed by atoms with E-state index in [-0.39, 0.29) is 49.4 Å². The molecule has 0 bridgehead atoms. The summed E-state index contributed by atoms with van der Waals surface area (Å²) in [6.07, 6.45) is 23.2. The fourth-order valence-electron chi connectivity index (χ4n) is 6.29. The highest BCUT2D eigenvalue weighted by Crippen LogP contribution is 2.23. The first kappa shape index (κ1) is 50.8. The van der Waals surface area contributed by atoms with Gasteiger partial charge in [0, 0.05) is 44.6 Å². The molecule has 1 aromatic rings. The highest BCUT2D eigenvalue weighted by Gasteiger charge is 2.21. The second kappa shape index (κ2) is 35.0. The first-order chi connectivity index (χ1) is 27.2. The Bertz CT molecular complexity index is 1130. The van der Waals surface area contributed by atoms with Crippen LogP contribution in [0.15, 0.2) is 36.6 Å². The molecule has 0 radical (unpaired) electrons. The number of carbonyl (C=O) groups excluding carboxylic acids is 2. The molecule has 0 N–H and O–H groups in total. The maximum Gasteiger partial charge on any atom is 0.513 e. The van der Waals surface area contributed by atoms with E-state index in [0.717, 1.165) is 57.8 Å². The third-order valence-corrected chi connectivity index (χ3v) is 9.84. The highest BCUT2D eigenvalue weighted by atomic mass is 16.7. The topological polar surface area (TPSA) is 133 Å². The molecule has 0 spiro atoms. The molecule has 1 rings (SSSR count). The number of hydrogen-bond donors (Lipinski definition) is 0. The van der Waals surface area contributed by atoms with Crippen molar-refractivity contribution in [3.8, 4) is 5.75 Å². The molecule has 0 aliphatic carbocycles. The normalized spacial score (nSPS) is 12.3. The number of benzene rings is 1. The van der Waals surface area contributed by atoms with Gasteiger partial charge in [-0.2, -0.15) is 0 Å². The van der Waals surface area contributed by atoms with Gasteiger partial charge in [-0.25, -0.2) is 4.79 Å². The summed E-state index contributed by atoms with van der Waals surface area (Å²) < 4.78 is 34.8. The molecule has 0 aromatic heterocycles. The zero-order valence-corrected chi connectivity index (χ0v) is 35.6. The summed E-state index contributed by atoms with van der Waals surface area (Å²) in [6.45, 7) is 14.2. The van der Waals surface area contributed by atoms with Crippen LogP contribution in [0, 0.1) is 22.0 Å². The molecular weight excluding hydrogens is 714 g/mol. The zero-order chi connectivity index (χ0) is 41.1. The van der Waals surface area contributed by atoms with Gasteiger partial charge in [0.1, 0.15) is 19.0 Å². The van der Waals surface area contributed by atoms with E-state index in [1.807, 2.05) is 0 Å². The van der Waals surface area contributed by atoms with Gasteiger partial charge in [-0.3, -0.25) is 14.9 Å². The Morgan fingerprint density at radius 3 is 1.70 bits per heavy atom. The second-order valence-corrected chi connectivity index (χ2v) is 15.1. The van der Waals surface area contributed by atoms with Crippen molar-refractivity contribution in [1.82, 2.24) is 0 Å². The van der Waals surface area contributed by atoms with Crippen molar-refractivity contribution in [3.05, 3.63) is 46.7 Å². The van der Waals surface area contributed by atoms with E-state index in [9.17, 15) is 19.7 Å². The van der Waals surface area contributed by atoms with Crippen LogP contribution in [0.2, 0.25) is 0 Å². The number of ether oxygens (including phenoxy) is 6. The Hall–Kier alpha value is -3.18. The summed E-state index contributed by atoms with van der Waals surface area (Å²) in [5.41, 5.74) is -0.122. The summed E-state index contributed by atoms with van der Waals surface area (Å²) in [5, 5.41) is 11.0. The highest BCUT2D eigenvalue weighted by molar-refractivity contribution is 5.69. The Kier molecular flexibility index (Phi) is 31.8. The summed E-state index contributed by atoms with van der Waals surface area (Å²) in [4.78, 5) is 36.0. The maximum atomic E-state index is 13.0. The average Bonchev–Trinajstić information content (AvgIpc) is 3.19. The van der Waals surface area contributed by atoms with E-state index in [0.29, 0.717) is 38.2 Å². The van der Waals surface area contributed by atoms with E-state index >= 15 is 0 Å². The van der Waals surface area contributed by atoms with Crippen molar-refractivity contribution < 1.29 is 42.9 Å². The number of nitro groups is 1. The summed E-state index contributed by atoms with van der Waals surface area (Å²) in [6, 6.07) is 5.13. The van der Waals surface area contributed by atoms with Crippen molar-refractivity contribution in [2.75, 3.05) is 33.0 Å². The van der Waals surface area contributed by atoms with Gasteiger partial charge in [0.05, 0.1) is 23.2 Å². The Morgan fingerprint density at radius 2 is 1.12 bits per heavy atom. The molecule has 0 aliphatic heterocycles. The van der Waals surface area contributed by atoms with E-state index in [2.05, 4.69) is 34.3 Å². The molecule has 56 heavy (non-hydrogen) atoms. The van der Waals surface area contributed by atoms with Crippen molar-refractivity contribution in [2.45, 2.75) is 182 Å². The molecule has 0 aliphatic rings. The predicted molar refractivity (Wildman–Crippen MR) is 223 cm³/mol. The molecule has 0 saturated carbocycles. The molecule has 2 atom stereocenters. The first-order valence-corrected chi connectivity index (χ1v) is 22.0. The van der Waals surface area contributed by atoms with Crippen LogP contribution < -0.4 is 4.74 Å². The molecule has 322 valence electrons. The zero-order valence-electron chi connectivity index (χ0n) is 35.6. The largest absolute Gasteiger partial charge is 0.513 e. The summed E-state index contributed by atoms with van der Waals surface area (Å²) >= 11 is 0. The summed E-state index contributed by atoms with van der Waals surface area (Å²) in [7, 11) is 0. The summed E-state index contributed by atoms with van der Waals surface area (Å²) in [5.74, 6) is 0.172. The van der Waals surface area contributed by atoms with E-state index in [4.69, 9.17) is 28.4 Å². The van der Waals surface area contributed by atoms with Crippen LogP contribution in [0.3, 0.4) is 0 Å². The number of nitrogens with zero attached hydrogens (tertiary/aromatic N) is 1. The third kappa shape index (κ3) is 28.3. The standard InChI is InChI=1S/C45H77NO10/c1-6-10-14-17-19-22-32-51-44(52-33-23-20-18-15-11-7-2)31-26-38(5)53-35-40(37-55-45(48)56-42-29-27-41(28-30-42)46(49)50)36-54-43(47)34-39(24-13-9-4)25-21-16-12-8-3/h27-30,39-40,44H,5-26,31-37H2,1-4H3. The molecule has 2 unspecified atom stereocenters. The Labute approximate surface area is 339 Å². The number of rotatable bonds is 38. The van der Waals surface area contributed by atoms with E-state index < -0.39 is 17.0 Å². The molecule has 0 heterocycles. The maximum absolute atomic E-state index is 13.0.